The van der Waals surface area contributed by atoms with E-state index in [0.717, 1.165) is 37.6 Å². The third-order valence-corrected chi connectivity index (χ3v) is 5.27. The quantitative estimate of drug-likeness (QED) is 0.358. The molecule has 4 aromatic rings. The summed E-state index contributed by atoms with van der Waals surface area (Å²) in [5.41, 5.74) is 2.45. The Kier molecular flexibility index (Phi) is 4.36. The summed E-state index contributed by atoms with van der Waals surface area (Å²) in [7, 11) is 0. The van der Waals surface area contributed by atoms with Gasteiger partial charge in [-0.05, 0) is 82.3 Å². The molecule has 0 saturated heterocycles. The molecule has 26 heavy (non-hydrogen) atoms. The van der Waals surface area contributed by atoms with Crippen LogP contribution < -0.4 is 9.47 Å². The number of rotatable bonds is 6. The monoisotopic (exact) mass is 346 g/mol. The van der Waals surface area contributed by atoms with Crippen LogP contribution >= 0.6 is 0 Å². The lowest BCUT2D eigenvalue weighted by Crippen LogP contribution is -2.00. The average molecular weight is 346 g/mol. The molecule has 0 radical (unpaired) electrons. The summed E-state index contributed by atoms with van der Waals surface area (Å²) < 4.78 is 12.0. The molecule has 0 aliphatic rings. The number of ether oxygens (including phenoxy) is 2. The van der Waals surface area contributed by atoms with Crippen molar-refractivity contribution in [2.45, 2.75) is 40.5 Å². The van der Waals surface area contributed by atoms with Gasteiger partial charge in [0.25, 0.3) is 0 Å². The maximum absolute atomic E-state index is 6.00. The smallest absolute Gasteiger partial charge is 0.123 e. The van der Waals surface area contributed by atoms with Crippen LogP contribution in [0.15, 0.2) is 36.4 Å². The van der Waals surface area contributed by atoms with E-state index in [1.165, 1.54) is 43.4 Å². The number of hydrogen-bond donors (Lipinski definition) is 0. The Hall–Kier alpha value is -2.48. The fraction of sp³-hybridized carbons (Fsp3) is 0.333. The zero-order valence-electron chi connectivity index (χ0n) is 16.1. The van der Waals surface area contributed by atoms with Crippen LogP contribution in [0.4, 0.5) is 0 Å². The van der Waals surface area contributed by atoms with Gasteiger partial charge in [0.15, 0.2) is 0 Å². The maximum atomic E-state index is 6.00. The highest BCUT2D eigenvalue weighted by Gasteiger charge is 2.16. The molecule has 0 amide bonds. The largest absolute Gasteiger partial charge is 0.493 e. The van der Waals surface area contributed by atoms with Crippen molar-refractivity contribution in [1.82, 2.24) is 0 Å². The topological polar surface area (TPSA) is 18.5 Å². The lowest BCUT2D eigenvalue weighted by molar-refractivity contribution is 0.316. The van der Waals surface area contributed by atoms with Gasteiger partial charge in [-0.25, -0.2) is 0 Å². The second kappa shape index (κ2) is 6.68. The molecule has 2 heteroatoms. The van der Waals surface area contributed by atoms with Crippen molar-refractivity contribution in [3.63, 3.8) is 0 Å². The minimum Gasteiger partial charge on any atom is -0.493 e. The SMILES string of the molecule is CCCOc1cc2ccc3c(C)c(OCCC)cc4ccc(c1C)c2c43. The van der Waals surface area contributed by atoms with E-state index in [1.807, 2.05) is 0 Å². The highest BCUT2D eigenvalue weighted by Crippen LogP contribution is 2.42. The van der Waals surface area contributed by atoms with E-state index in [1.54, 1.807) is 0 Å². The van der Waals surface area contributed by atoms with Crippen LogP contribution in [0.5, 0.6) is 11.5 Å². The zero-order chi connectivity index (χ0) is 18.3. The summed E-state index contributed by atoms with van der Waals surface area (Å²) in [6.07, 6.45) is 2.04. The Bertz CT molecular complexity index is 991. The van der Waals surface area contributed by atoms with Gasteiger partial charge in [-0.3, -0.25) is 0 Å². The Balaban J connectivity index is 2.02. The van der Waals surface area contributed by atoms with E-state index in [2.05, 4.69) is 64.1 Å². The van der Waals surface area contributed by atoms with E-state index in [9.17, 15) is 0 Å². The predicted octanol–water partition coefficient (Wildman–Crippen LogP) is 6.78. The molecular formula is C24H26O2. The van der Waals surface area contributed by atoms with Gasteiger partial charge in [-0.2, -0.15) is 0 Å². The second-order valence-electron chi connectivity index (χ2n) is 7.12. The minimum absolute atomic E-state index is 0.756. The second-order valence-corrected chi connectivity index (χ2v) is 7.12. The molecule has 2 nitrogen and oxygen atoms in total. The van der Waals surface area contributed by atoms with Crippen LogP contribution in [0, 0.1) is 13.8 Å². The van der Waals surface area contributed by atoms with Gasteiger partial charge >= 0.3 is 0 Å². The van der Waals surface area contributed by atoms with E-state index < -0.39 is 0 Å². The minimum atomic E-state index is 0.756. The van der Waals surface area contributed by atoms with Crippen molar-refractivity contribution in [2.75, 3.05) is 13.2 Å². The molecule has 4 aromatic carbocycles. The average Bonchev–Trinajstić information content (AvgIpc) is 2.66. The van der Waals surface area contributed by atoms with Crippen molar-refractivity contribution >= 4 is 32.3 Å². The van der Waals surface area contributed by atoms with Gasteiger partial charge in [-0.1, -0.05) is 38.1 Å². The molecule has 0 unspecified atom stereocenters. The molecule has 0 aliphatic carbocycles. The lowest BCUT2D eigenvalue weighted by atomic mass is 9.90. The number of benzene rings is 4. The fourth-order valence-corrected chi connectivity index (χ4v) is 3.90. The van der Waals surface area contributed by atoms with Gasteiger partial charge in [0.2, 0.25) is 0 Å². The van der Waals surface area contributed by atoms with Crippen LogP contribution in [0.25, 0.3) is 32.3 Å². The van der Waals surface area contributed by atoms with Crippen molar-refractivity contribution in [2.24, 2.45) is 0 Å². The first-order valence-corrected chi connectivity index (χ1v) is 9.63. The predicted molar refractivity (Wildman–Crippen MR) is 111 cm³/mol. The van der Waals surface area contributed by atoms with Gasteiger partial charge in [0.05, 0.1) is 13.2 Å². The summed E-state index contributed by atoms with van der Waals surface area (Å²) >= 11 is 0. The third kappa shape index (κ3) is 2.56. The van der Waals surface area contributed by atoms with Crippen LogP contribution in [0.1, 0.15) is 37.8 Å². The standard InChI is InChI=1S/C24H26O2/c1-5-11-25-21-13-17-7-10-20-16(4)22(26-12-6-2)14-18-8-9-19(15(21)3)23(17)24(18)20/h7-10,13-14H,5-6,11-12H2,1-4H3. The first kappa shape index (κ1) is 17.0. The van der Waals surface area contributed by atoms with E-state index in [0.29, 0.717) is 0 Å². The molecule has 0 aliphatic heterocycles. The summed E-state index contributed by atoms with van der Waals surface area (Å²) in [4.78, 5) is 0. The molecule has 0 saturated carbocycles. The molecule has 0 spiro atoms. The normalized spacial score (nSPS) is 11.7. The molecule has 134 valence electrons. The zero-order valence-corrected chi connectivity index (χ0v) is 16.1. The summed E-state index contributed by atoms with van der Waals surface area (Å²) in [6.45, 7) is 10.1. The van der Waals surface area contributed by atoms with E-state index >= 15 is 0 Å². The van der Waals surface area contributed by atoms with Crippen molar-refractivity contribution in [3.8, 4) is 11.5 Å². The Morgan fingerprint density at radius 3 is 1.46 bits per heavy atom. The van der Waals surface area contributed by atoms with Crippen LogP contribution in [0.2, 0.25) is 0 Å². The first-order valence-electron chi connectivity index (χ1n) is 9.63. The highest BCUT2D eigenvalue weighted by molar-refractivity contribution is 6.25. The summed E-state index contributed by atoms with van der Waals surface area (Å²) in [5, 5.41) is 7.74. The van der Waals surface area contributed by atoms with Crippen LogP contribution in [-0.4, -0.2) is 13.2 Å². The molecule has 0 heterocycles. The van der Waals surface area contributed by atoms with Gasteiger partial charge < -0.3 is 9.47 Å². The van der Waals surface area contributed by atoms with Crippen molar-refractivity contribution in [1.29, 1.82) is 0 Å². The van der Waals surface area contributed by atoms with E-state index in [-0.39, 0.29) is 0 Å². The van der Waals surface area contributed by atoms with E-state index in [4.69, 9.17) is 9.47 Å². The molecule has 0 bridgehead atoms. The Morgan fingerprint density at radius 1 is 0.654 bits per heavy atom. The highest BCUT2D eigenvalue weighted by atomic mass is 16.5. The maximum Gasteiger partial charge on any atom is 0.123 e. The molecule has 0 aromatic heterocycles. The number of aryl methyl sites for hydroxylation is 2. The molecular weight excluding hydrogens is 320 g/mol. The van der Waals surface area contributed by atoms with Crippen molar-refractivity contribution in [3.05, 3.63) is 47.5 Å². The van der Waals surface area contributed by atoms with Gasteiger partial charge in [0.1, 0.15) is 11.5 Å². The van der Waals surface area contributed by atoms with Gasteiger partial charge in [0, 0.05) is 0 Å². The lowest BCUT2D eigenvalue weighted by Gasteiger charge is -2.18. The third-order valence-electron chi connectivity index (χ3n) is 5.27. The van der Waals surface area contributed by atoms with Gasteiger partial charge in [-0.15, -0.1) is 0 Å². The molecule has 0 N–H and O–H groups in total. The first-order chi connectivity index (χ1) is 12.7. The van der Waals surface area contributed by atoms with Crippen molar-refractivity contribution < 1.29 is 9.47 Å². The Morgan fingerprint density at radius 2 is 1.08 bits per heavy atom. The summed E-state index contributed by atoms with van der Waals surface area (Å²) in [6, 6.07) is 13.3. The van der Waals surface area contributed by atoms with Crippen LogP contribution in [-0.2, 0) is 0 Å². The number of hydrogen-bond acceptors (Lipinski definition) is 2. The molecule has 0 fully saturated rings. The Labute approximate surface area is 155 Å². The molecule has 4 rings (SSSR count). The summed E-state index contributed by atoms with van der Waals surface area (Å²) in [5.74, 6) is 2.00. The van der Waals surface area contributed by atoms with Crippen LogP contribution in [0.3, 0.4) is 0 Å². The fourth-order valence-electron chi connectivity index (χ4n) is 3.90. The molecule has 0 atom stereocenters.